The SMILES string of the molecule is C#CCCCC(=O)OCCCOC(=O)CCCC#C. The number of hydrogen-bond acceptors (Lipinski definition) is 4. The van der Waals surface area contributed by atoms with Crippen molar-refractivity contribution in [1.29, 1.82) is 0 Å². The molecule has 0 amide bonds. The van der Waals surface area contributed by atoms with Crippen molar-refractivity contribution in [2.24, 2.45) is 0 Å². The van der Waals surface area contributed by atoms with E-state index in [2.05, 4.69) is 11.8 Å². The highest BCUT2D eigenvalue weighted by molar-refractivity contribution is 5.69. The molecule has 0 aliphatic carbocycles. The van der Waals surface area contributed by atoms with Gasteiger partial charge in [0.15, 0.2) is 0 Å². The van der Waals surface area contributed by atoms with Gasteiger partial charge in [-0.25, -0.2) is 0 Å². The van der Waals surface area contributed by atoms with Gasteiger partial charge in [0.1, 0.15) is 0 Å². The van der Waals surface area contributed by atoms with E-state index in [4.69, 9.17) is 22.3 Å². The summed E-state index contributed by atoms with van der Waals surface area (Å²) < 4.78 is 9.89. The Bertz CT molecular complexity index is 312. The van der Waals surface area contributed by atoms with Crippen molar-refractivity contribution in [2.75, 3.05) is 13.2 Å². The van der Waals surface area contributed by atoms with E-state index in [9.17, 15) is 9.59 Å². The number of hydrogen-bond donors (Lipinski definition) is 0. The van der Waals surface area contributed by atoms with Crippen LogP contribution in [-0.4, -0.2) is 25.2 Å². The second kappa shape index (κ2) is 12.5. The van der Waals surface area contributed by atoms with E-state index >= 15 is 0 Å². The van der Waals surface area contributed by atoms with Gasteiger partial charge in [0.05, 0.1) is 13.2 Å². The molecule has 0 aromatic rings. The number of carbonyl (C=O) groups excluding carboxylic acids is 2. The van der Waals surface area contributed by atoms with E-state index < -0.39 is 0 Å². The first-order valence-electron chi connectivity index (χ1n) is 6.39. The van der Waals surface area contributed by atoms with Crippen molar-refractivity contribution in [3.63, 3.8) is 0 Å². The number of terminal acetylenes is 2. The smallest absolute Gasteiger partial charge is 0.305 e. The molecule has 0 atom stereocenters. The second-order valence-electron chi connectivity index (χ2n) is 3.91. The summed E-state index contributed by atoms with van der Waals surface area (Å²) in [6, 6.07) is 0. The van der Waals surface area contributed by atoms with Gasteiger partial charge in [0, 0.05) is 32.1 Å². The Morgan fingerprint density at radius 1 is 0.789 bits per heavy atom. The molecule has 0 aromatic carbocycles. The molecule has 0 aromatic heterocycles. The first-order chi connectivity index (χ1) is 9.20. The van der Waals surface area contributed by atoms with Gasteiger partial charge in [0.2, 0.25) is 0 Å². The first kappa shape index (κ1) is 17.1. The van der Waals surface area contributed by atoms with Crippen LogP contribution in [0.1, 0.15) is 44.9 Å². The van der Waals surface area contributed by atoms with Crippen LogP contribution in [0.4, 0.5) is 0 Å². The van der Waals surface area contributed by atoms with E-state index in [0.29, 0.717) is 44.9 Å². The van der Waals surface area contributed by atoms with Crippen LogP contribution in [-0.2, 0) is 19.1 Å². The molecule has 0 heterocycles. The van der Waals surface area contributed by atoms with Crippen molar-refractivity contribution < 1.29 is 19.1 Å². The quantitative estimate of drug-likeness (QED) is 0.344. The normalized spacial score (nSPS) is 9.16. The molecule has 0 fully saturated rings. The number of carbonyl (C=O) groups is 2. The third-order valence-corrected chi connectivity index (χ3v) is 2.22. The molecule has 0 saturated carbocycles. The fourth-order valence-corrected chi connectivity index (χ4v) is 1.24. The van der Waals surface area contributed by atoms with Crippen LogP contribution >= 0.6 is 0 Å². The topological polar surface area (TPSA) is 52.6 Å². The molecule has 0 aliphatic rings. The predicted molar refractivity (Wildman–Crippen MR) is 71.9 cm³/mol. The average molecular weight is 264 g/mol. The van der Waals surface area contributed by atoms with Gasteiger partial charge in [-0.3, -0.25) is 9.59 Å². The molecule has 104 valence electrons. The summed E-state index contributed by atoms with van der Waals surface area (Å²) in [6.07, 6.45) is 13.7. The average Bonchev–Trinajstić information content (AvgIpc) is 2.39. The Morgan fingerprint density at radius 2 is 1.21 bits per heavy atom. The summed E-state index contributed by atoms with van der Waals surface area (Å²) in [4.78, 5) is 22.3. The van der Waals surface area contributed by atoms with Crippen molar-refractivity contribution in [2.45, 2.75) is 44.9 Å². The molecule has 0 unspecified atom stereocenters. The maximum absolute atomic E-state index is 11.2. The Kier molecular flexibility index (Phi) is 11.2. The molecule has 4 heteroatoms. The zero-order valence-electron chi connectivity index (χ0n) is 11.2. The summed E-state index contributed by atoms with van der Waals surface area (Å²) in [5.74, 6) is 4.37. The van der Waals surface area contributed by atoms with Gasteiger partial charge in [0.25, 0.3) is 0 Å². The molecule has 0 N–H and O–H groups in total. The highest BCUT2D eigenvalue weighted by Gasteiger charge is 2.04. The molecule has 0 saturated heterocycles. The zero-order chi connectivity index (χ0) is 14.3. The zero-order valence-corrected chi connectivity index (χ0v) is 11.2. The Labute approximate surface area is 114 Å². The Hall–Kier alpha value is -1.94. The first-order valence-corrected chi connectivity index (χ1v) is 6.39. The second-order valence-corrected chi connectivity index (χ2v) is 3.91. The molecule has 4 nitrogen and oxygen atoms in total. The van der Waals surface area contributed by atoms with Gasteiger partial charge in [-0.2, -0.15) is 0 Å². The minimum atomic E-state index is -0.268. The van der Waals surface area contributed by atoms with Crippen molar-refractivity contribution in [3.8, 4) is 24.7 Å². The Balaban J connectivity index is 3.35. The molecule has 0 radical (unpaired) electrons. The van der Waals surface area contributed by atoms with Crippen LogP contribution in [0.25, 0.3) is 0 Å². The minimum Gasteiger partial charge on any atom is -0.466 e. The lowest BCUT2D eigenvalue weighted by atomic mass is 10.2. The molecular weight excluding hydrogens is 244 g/mol. The number of esters is 2. The lowest BCUT2D eigenvalue weighted by Gasteiger charge is -2.05. The summed E-state index contributed by atoms with van der Waals surface area (Å²) in [7, 11) is 0. The molecule has 19 heavy (non-hydrogen) atoms. The van der Waals surface area contributed by atoms with E-state index in [1.807, 2.05) is 0 Å². The molecule has 0 rings (SSSR count). The van der Waals surface area contributed by atoms with Crippen LogP contribution in [0, 0.1) is 24.7 Å². The molecule has 0 aliphatic heterocycles. The Morgan fingerprint density at radius 3 is 1.58 bits per heavy atom. The van der Waals surface area contributed by atoms with Crippen LogP contribution in [0.3, 0.4) is 0 Å². The van der Waals surface area contributed by atoms with Crippen molar-refractivity contribution in [1.82, 2.24) is 0 Å². The van der Waals surface area contributed by atoms with Crippen LogP contribution in [0.5, 0.6) is 0 Å². The van der Waals surface area contributed by atoms with E-state index in [0.717, 1.165) is 0 Å². The maximum Gasteiger partial charge on any atom is 0.305 e. The highest BCUT2D eigenvalue weighted by Crippen LogP contribution is 1.99. The summed E-state index contributed by atoms with van der Waals surface area (Å²) in [5.41, 5.74) is 0. The van der Waals surface area contributed by atoms with Crippen molar-refractivity contribution >= 4 is 11.9 Å². The number of rotatable bonds is 10. The van der Waals surface area contributed by atoms with Crippen LogP contribution in [0.15, 0.2) is 0 Å². The highest BCUT2D eigenvalue weighted by atomic mass is 16.5. The van der Waals surface area contributed by atoms with E-state index in [-0.39, 0.29) is 25.2 Å². The lowest BCUT2D eigenvalue weighted by Crippen LogP contribution is -2.10. The summed E-state index contributed by atoms with van der Waals surface area (Å²) >= 11 is 0. The van der Waals surface area contributed by atoms with Crippen LogP contribution in [0.2, 0.25) is 0 Å². The minimum absolute atomic E-state index is 0.256. The lowest BCUT2D eigenvalue weighted by molar-refractivity contribution is -0.146. The molecule has 0 spiro atoms. The summed E-state index contributed by atoms with van der Waals surface area (Å²) in [5, 5.41) is 0. The van der Waals surface area contributed by atoms with E-state index in [1.165, 1.54) is 0 Å². The third kappa shape index (κ3) is 12.3. The largest absolute Gasteiger partial charge is 0.466 e. The number of ether oxygens (including phenoxy) is 2. The predicted octanol–water partition coefficient (Wildman–Crippen LogP) is 2.07. The third-order valence-electron chi connectivity index (χ3n) is 2.22. The van der Waals surface area contributed by atoms with Crippen LogP contribution < -0.4 is 0 Å². The monoisotopic (exact) mass is 264 g/mol. The molecule has 0 bridgehead atoms. The van der Waals surface area contributed by atoms with Gasteiger partial charge in [-0.15, -0.1) is 24.7 Å². The van der Waals surface area contributed by atoms with Gasteiger partial charge in [-0.1, -0.05) is 0 Å². The fourth-order valence-electron chi connectivity index (χ4n) is 1.24. The van der Waals surface area contributed by atoms with Crippen molar-refractivity contribution in [3.05, 3.63) is 0 Å². The molecular formula is C15H20O4. The summed E-state index contributed by atoms with van der Waals surface area (Å²) in [6.45, 7) is 0.513. The maximum atomic E-state index is 11.2. The van der Waals surface area contributed by atoms with Gasteiger partial charge >= 0.3 is 11.9 Å². The number of unbranched alkanes of at least 4 members (excludes halogenated alkanes) is 2. The standard InChI is InChI=1S/C15H20O4/c1-3-5-7-10-14(16)18-12-9-13-19-15(17)11-8-6-4-2/h1-2H,5-13H2. The van der Waals surface area contributed by atoms with Gasteiger partial charge in [-0.05, 0) is 12.8 Å². The fraction of sp³-hybridized carbons (Fsp3) is 0.600. The van der Waals surface area contributed by atoms with Gasteiger partial charge < -0.3 is 9.47 Å². The van der Waals surface area contributed by atoms with E-state index in [1.54, 1.807) is 0 Å².